The highest BCUT2D eigenvalue weighted by Crippen LogP contribution is 2.41. The molecule has 1 aliphatic carbocycles. The zero-order valence-corrected chi connectivity index (χ0v) is 16.7. The van der Waals surface area contributed by atoms with Crippen LogP contribution in [0.5, 0.6) is 0 Å². The van der Waals surface area contributed by atoms with E-state index in [2.05, 4.69) is 10.6 Å². The summed E-state index contributed by atoms with van der Waals surface area (Å²) in [6.45, 7) is 0.464. The first-order valence-corrected chi connectivity index (χ1v) is 10.3. The van der Waals surface area contributed by atoms with E-state index in [-0.39, 0.29) is 5.91 Å². The Morgan fingerprint density at radius 1 is 1.10 bits per heavy atom. The number of aliphatic hydroxyl groups excluding tert-OH is 1. The number of benzene rings is 2. The number of carbonyl (C=O) groups excluding carboxylic acids is 1. The predicted molar refractivity (Wildman–Crippen MR) is 112 cm³/mol. The van der Waals surface area contributed by atoms with Crippen LogP contribution in [0, 0.1) is 0 Å². The van der Waals surface area contributed by atoms with Gasteiger partial charge >= 0.3 is 6.09 Å². The van der Waals surface area contributed by atoms with Gasteiger partial charge in [0.25, 0.3) is 0 Å². The largest absolute Gasteiger partial charge is 0.465 e. The van der Waals surface area contributed by atoms with Gasteiger partial charge < -0.3 is 20.4 Å². The maximum Gasteiger partial charge on any atom is 0.404 e. The third-order valence-electron chi connectivity index (χ3n) is 6.20. The van der Waals surface area contributed by atoms with Gasteiger partial charge in [-0.1, -0.05) is 60.7 Å². The fourth-order valence-electron chi connectivity index (χ4n) is 4.48. The van der Waals surface area contributed by atoms with Crippen LogP contribution in [-0.2, 0) is 17.8 Å². The van der Waals surface area contributed by atoms with Crippen molar-refractivity contribution in [3.05, 3.63) is 71.8 Å². The van der Waals surface area contributed by atoms with Crippen LogP contribution in [0.4, 0.5) is 4.79 Å². The summed E-state index contributed by atoms with van der Waals surface area (Å²) in [5.41, 5.74) is 1.46. The predicted octanol–water partition coefficient (Wildman–Crippen LogP) is 2.11. The molecule has 2 aromatic carbocycles. The quantitative estimate of drug-likeness (QED) is 0.561. The topological polar surface area (TPSA) is 102 Å². The zero-order chi connectivity index (χ0) is 21.1. The highest BCUT2D eigenvalue weighted by Gasteiger charge is 2.56. The van der Waals surface area contributed by atoms with Crippen LogP contribution in [0.25, 0.3) is 0 Å². The van der Waals surface area contributed by atoms with E-state index in [9.17, 15) is 19.8 Å². The Bertz CT molecular complexity index is 886. The lowest BCUT2D eigenvalue weighted by Crippen LogP contribution is -2.59. The number of nitrogens with zero attached hydrogens (tertiary/aromatic N) is 1. The van der Waals surface area contributed by atoms with Gasteiger partial charge in [0.2, 0.25) is 5.91 Å². The second-order valence-electron chi connectivity index (χ2n) is 8.15. The molecule has 1 heterocycles. The van der Waals surface area contributed by atoms with E-state index in [0.29, 0.717) is 13.0 Å². The molecule has 4 N–H and O–H groups in total. The van der Waals surface area contributed by atoms with Gasteiger partial charge in [0.05, 0.1) is 17.8 Å². The van der Waals surface area contributed by atoms with Gasteiger partial charge in [0, 0.05) is 6.54 Å². The summed E-state index contributed by atoms with van der Waals surface area (Å²) >= 11 is 0. The van der Waals surface area contributed by atoms with Crippen LogP contribution in [0.2, 0.25) is 0 Å². The Morgan fingerprint density at radius 2 is 1.70 bits per heavy atom. The fourth-order valence-corrected chi connectivity index (χ4v) is 4.48. The van der Waals surface area contributed by atoms with Crippen molar-refractivity contribution in [2.45, 2.75) is 56.1 Å². The molecule has 7 heteroatoms. The third-order valence-corrected chi connectivity index (χ3v) is 6.20. The molecular weight excluding hydrogens is 382 g/mol. The molecule has 0 radical (unpaired) electrons. The van der Waals surface area contributed by atoms with Gasteiger partial charge in [-0.25, -0.2) is 4.79 Å². The Labute approximate surface area is 175 Å². The molecule has 4 rings (SSSR count). The van der Waals surface area contributed by atoms with Crippen molar-refractivity contribution < 1.29 is 19.8 Å². The summed E-state index contributed by atoms with van der Waals surface area (Å²) in [5, 5.41) is 26.1. The number of amides is 2. The second-order valence-corrected chi connectivity index (χ2v) is 8.15. The van der Waals surface area contributed by atoms with Crippen molar-refractivity contribution in [2.24, 2.45) is 0 Å². The van der Waals surface area contributed by atoms with E-state index in [1.807, 2.05) is 65.6 Å². The molecule has 0 aromatic heterocycles. The minimum Gasteiger partial charge on any atom is -0.465 e. The standard InChI is InChI=1S/C23H27N3O4/c27-20(18(24-22(29)30)14-16-8-3-1-4-9-16)19-21(28)26(23(25-19)12-7-13-23)15-17-10-5-2-6-11-17/h1-6,8-11,18-20,24-25,27H,7,12-15H2,(H,29,30)/t18-,19-,20+/m0/s1. The maximum absolute atomic E-state index is 13.3. The van der Waals surface area contributed by atoms with E-state index >= 15 is 0 Å². The summed E-state index contributed by atoms with van der Waals surface area (Å²) in [6.07, 6.45) is 0.544. The van der Waals surface area contributed by atoms with Crippen LogP contribution in [0.15, 0.2) is 60.7 Å². The maximum atomic E-state index is 13.3. The third kappa shape index (κ3) is 4.04. The van der Waals surface area contributed by atoms with Crippen molar-refractivity contribution in [3.63, 3.8) is 0 Å². The lowest BCUT2D eigenvalue weighted by Gasteiger charge is -2.45. The lowest BCUT2D eigenvalue weighted by atomic mass is 9.84. The van der Waals surface area contributed by atoms with E-state index in [0.717, 1.165) is 30.4 Å². The zero-order valence-electron chi connectivity index (χ0n) is 16.7. The summed E-state index contributed by atoms with van der Waals surface area (Å²) in [6, 6.07) is 17.5. The molecule has 0 unspecified atom stereocenters. The van der Waals surface area contributed by atoms with Gasteiger partial charge in [0.15, 0.2) is 0 Å². The molecule has 2 aromatic rings. The molecular formula is C23H27N3O4. The van der Waals surface area contributed by atoms with E-state index < -0.39 is 29.9 Å². The van der Waals surface area contributed by atoms with Crippen LogP contribution in [0.1, 0.15) is 30.4 Å². The van der Waals surface area contributed by atoms with Gasteiger partial charge in [0.1, 0.15) is 6.04 Å². The molecule has 1 saturated heterocycles. The number of hydrogen-bond acceptors (Lipinski definition) is 4. The first kappa shape index (κ1) is 20.4. The second kappa shape index (κ2) is 8.45. The summed E-state index contributed by atoms with van der Waals surface area (Å²) in [4.78, 5) is 26.5. The smallest absolute Gasteiger partial charge is 0.404 e. The summed E-state index contributed by atoms with van der Waals surface area (Å²) in [5.74, 6) is -0.184. The normalized spacial score (nSPS) is 21.8. The highest BCUT2D eigenvalue weighted by molar-refractivity contribution is 5.86. The first-order chi connectivity index (χ1) is 14.5. The van der Waals surface area contributed by atoms with Crippen molar-refractivity contribution in [3.8, 4) is 0 Å². The van der Waals surface area contributed by atoms with Crippen LogP contribution in [0.3, 0.4) is 0 Å². The van der Waals surface area contributed by atoms with E-state index in [1.54, 1.807) is 0 Å². The van der Waals surface area contributed by atoms with Crippen molar-refractivity contribution >= 4 is 12.0 Å². The molecule has 3 atom stereocenters. The number of hydrogen-bond donors (Lipinski definition) is 4. The van der Waals surface area contributed by atoms with Crippen molar-refractivity contribution in [1.29, 1.82) is 0 Å². The molecule has 2 amide bonds. The van der Waals surface area contributed by atoms with Crippen LogP contribution >= 0.6 is 0 Å². The summed E-state index contributed by atoms with van der Waals surface area (Å²) < 4.78 is 0. The van der Waals surface area contributed by atoms with Gasteiger partial charge in [-0.2, -0.15) is 0 Å². The van der Waals surface area contributed by atoms with Crippen LogP contribution in [-0.4, -0.2) is 51.0 Å². The average molecular weight is 409 g/mol. The molecule has 0 bridgehead atoms. The molecule has 1 spiro atoms. The Kier molecular flexibility index (Phi) is 5.74. The Hall–Kier alpha value is -2.90. The Balaban J connectivity index is 1.55. The van der Waals surface area contributed by atoms with Gasteiger partial charge in [-0.15, -0.1) is 0 Å². The van der Waals surface area contributed by atoms with Gasteiger partial charge in [-0.3, -0.25) is 10.1 Å². The fraction of sp³-hybridized carbons (Fsp3) is 0.391. The molecule has 7 nitrogen and oxygen atoms in total. The Morgan fingerprint density at radius 3 is 2.23 bits per heavy atom. The average Bonchev–Trinajstić information content (AvgIpc) is 3.01. The van der Waals surface area contributed by atoms with E-state index in [4.69, 9.17) is 0 Å². The SMILES string of the molecule is O=C(O)N[C@@H](Cc1ccccc1)[C@@H](O)[C@@H]1NC2(CCC2)N(Cc2ccccc2)C1=O. The molecule has 2 fully saturated rings. The van der Waals surface area contributed by atoms with E-state index in [1.165, 1.54) is 0 Å². The van der Waals surface area contributed by atoms with Crippen molar-refractivity contribution in [1.82, 2.24) is 15.5 Å². The number of nitrogens with one attached hydrogen (secondary N) is 2. The number of carbonyl (C=O) groups is 2. The molecule has 158 valence electrons. The minimum absolute atomic E-state index is 0.184. The molecule has 30 heavy (non-hydrogen) atoms. The number of aliphatic hydroxyl groups is 1. The molecule has 1 aliphatic heterocycles. The highest BCUT2D eigenvalue weighted by atomic mass is 16.4. The minimum atomic E-state index is -1.22. The monoisotopic (exact) mass is 409 g/mol. The summed E-state index contributed by atoms with van der Waals surface area (Å²) in [7, 11) is 0. The molecule has 2 aliphatic rings. The van der Waals surface area contributed by atoms with Crippen LogP contribution < -0.4 is 10.6 Å². The first-order valence-electron chi connectivity index (χ1n) is 10.3. The number of carboxylic acid groups (broad SMARTS) is 1. The van der Waals surface area contributed by atoms with Gasteiger partial charge in [-0.05, 0) is 36.8 Å². The molecule has 1 saturated carbocycles. The van der Waals surface area contributed by atoms with Crippen molar-refractivity contribution in [2.75, 3.05) is 0 Å². The number of rotatable bonds is 7. The lowest BCUT2D eigenvalue weighted by molar-refractivity contribution is -0.136.